The van der Waals surface area contributed by atoms with Gasteiger partial charge in [-0.15, -0.1) is 0 Å². The van der Waals surface area contributed by atoms with E-state index in [9.17, 15) is 0 Å². The van der Waals surface area contributed by atoms with E-state index >= 15 is 0 Å². The summed E-state index contributed by atoms with van der Waals surface area (Å²) in [5.74, 6) is 0.770. The molecule has 3 aromatic rings. The number of nitrogens with zero attached hydrogens (tertiary/aromatic N) is 3. The largest absolute Gasteiger partial charge is 0.397 e. The van der Waals surface area contributed by atoms with Crippen LogP contribution in [0.5, 0.6) is 0 Å². The molecule has 5 nitrogen and oxygen atoms in total. The number of pyridine rings is 1. The SMILES string of the molecule is Nc1cnccc1-c1nc(-c2ccccc2Cl)no1. The number of anilines is 1. The summed E-state index contributed by atoms with van der Waals surface area (Å²) >= 11 is 6.09. The third kappa shape index (κ3) is 2.15. The molecule has 0 unspecified atom stereocenters. The fraction of sp³-hybridized carbons (Fsp3) is 0. The van der Waals surface area contributed by atoms with Gasteiger partial charge in [0.25, 0.3) is 5.89 Å². The van der Waals surface area contributed by atoms with Gasteiger partial charge in [-0.05, 0) is 18.2 Å². The van der Waals surface area contributed by atoms with Crippen LogP contribution in [0.3, 0.4) is 0 Å². The van der Waals surface area contributed by atoms with Crippen LogP contribution in [0.2, 0.25) is 5.02 Å². The van der Waals surface area contributed by atoms with E-state index in [1.165, 1.54) is 6.20 Å². The van der Waals surface area contributed by atoms with Crippen molar-refractivity contribution in [2.45, 2.75) is 0 Å². The monoisotopic (exact) mass is 272 g/mol. The molecule has 0 fully saturated rings. The van der Waals surface area contributed by atoms with E-state index in [1.807, 2.05) is 18.2 Å². The zero-order valence-corrected chi connectivity index (χ0v) is 10.5. The van der Waals surface area contributed by atoms with E-state index in [2.05, 4.69) is 15.1 Å². The molecule has 1 aromatic carbocycles. The van der Waals surface area contributed by atoms with Crippen molar-refractivity contribution in [1.29, 1.82) is 0 Å². The molecular weight excluding hydrogens is 264 g/mol. The fourth-order valence-corrected chi connectivity index (χ4v) is 1.91. The lowest BCUT2D eigenvalue weighted by molar-refractivity contribution is 0.432. The van der Waals surface area contributed by atoms with Gasteiger partial charge in [0.1, 0.15) is 0 Å². The van der Waals surface area contributed by atoms with Gasteiger partial charge in [0.15, 0.2) is 0 Å². The molecule has 0 bridgehead atoms. The minimum Gasteiger partial charge on any atom is -0.397 e. The molecule has 0 saturated carbocycles. The Hall–Kier alpha value is -2.40. The molecule has 19 heavy (non-hydrogen) atoms. The Morgan fingerprint density at radius 2 is 1.95 bits per heavy atom. The lowest BCUT2D eigenvalue weighted by Crippen LogP contribution is -1.90. The quantitative estimate of drug-likeness (QED) is 0.776. The highest BCUT2D eigenvalue weighted by Gasteiger charge is 2.14. The second-order valence-electron chi connectivity index (χ2n) is 3.87. The molecule has 0 saturated heterocycles. The topological polar surface area (TPSA) is 77.8 Å². The number of nitrogens with two attached hydrogens (primary N) is 1. The zero-order valence-electron chi connectivity index (χ0n) is 9.75. The maximum atomic E-state index is 6.09. The lowest BCUT2D eigenvalue weighted by atomic mass is 10.2. The van der Waals surface area contributed by atoms with Crippen LogP contribution in [0.1, 0.15) is 0 Å². The highest BCUT2D eigenvalue weighted by atomic mass is 35.5. The molecule has 2 aromatic heterocycles. The van der Waals surface area contributed by atoms with Crippen molar-refractivity contribution >= 4 is 17.3 Å². The molecule has 94 valence electrons. The average molecular weight is 273 g/mol. The van der Waals surface area contributed by atoms with Gasteiger partial charge in [-0.2, -0.15) is 4.98 Å². The van der Waals surface area contributed by atoms with Gasteiger partial charge < -0.3 is 10.3 Å². The van der Waals surface area contributed by atoms with Gasteiger partial charge >= 0.3 is 0 Å². The summed E-state index contributed by atoms with van der Waals surface area (Å²) in [5, 5.41) is 4.49. The molecule has 0 atom stereocenters. The predicted octanol–water partition coefficient (Wildman–Crippen LogP) is 3.03. The van der Waals surface area contributed by atoms with Crippen molar-refractivity contribution in [1.82, 2.24) is 15.1 Å². The first kappa shape index (κ1) is 11.7. The zero-order chi connectivity index (χ0) is 13.2. The Labute approximate surface area is 114 Å². The van der Waals surface area contributed by atoms with Gasteiger partial charge in [0.2, 0.25) is 5.82 Å². The summed E-state index contributed by atoms with van der Waals surface area (Å²) in [5.41, 5.74) is 7.67. The van der Waals surface area contributed by atoms with Crippen LogP contribution < -0.4 is 5.73 Å². The number of halogens is 1. The minimum absolute atomic E-state index is 0.342. The van der Waals surface area contributed by atoms with Crippen molar-refractivity contribution in [2.24, 2.45) is 0 Å². The lowest BCUT2D eigenvalue weighted by Gasteiger charge is -1.98. The Balaban J connectivity index is 2.06. The van der Waals surface area contributed by atoms with Gasteiger partial charge in [0, 0.05) is 11.8 Å². The predicted molar refractivity (Wildman–Crippen MR) is 72.4 cm³/mol. The molecule has 0 amide bonds. The maximum absolute atomic E-state index is 6.09. The summed E-state index contributed by atoms with van der Waals surface area (Å²) in [6.45, 7) is 0. The summed E-state index contributed by atoms with van der Waals surface area (Å²) in [6.07, 6.45) is 3.15. The van der Waals surface area contributed by atoms with E-state index in [1.54, 1.807) is 18.3 Å². The minimum atomic E-state index is 0.342. The molecule has 0 radical (unpaired) electrons. The molecule has 0 spiro atoms. The number of hydrogen-bond donors (Lipinski definition) is 1. The number of hydrogen-bond acceptors (Lipinski definition) is 5. The van der Waals surface area contributed by atoms with Crippen LogP contribution in [-0.4, -0.2) is 15.1 Å². The van der Waals surface area contributed by atoms with Gasteiger partial charge in [-0.3, -0.25) is 4.98 Å². The molecule has 2 heterocycles. The molecular formula is C13H9ClN4O. The third-order valence-corrected chi connectivity index (χ3v) is 2.95. The number of benzene rings is 1. The average Bonchev–Trinajstić information content (AvgIpc) is 2.89. The fourth-order valence-electron chi connectivity index (χ4n) is 1.69. The smallest absolute Gasteiger partial charge is 0.260 e. The second kappa shape index (κ2) is 4.70. The van der Waals surface area contributed by atoms with Crippen LogP contribution in [0.15, 0.2) is 47.2 Å². The number of nitrogen functional groups attached to an aromatic ring is 1. The molecule has 0 aliphatic carbocycles. The van der Waals surface area contributed by atoms with E-state index < -0.39 is 0 Å². The van der Waals surface area contributed by atoms with Crippen molar-refractivity contribution < 1.29 is 4.52 Å². The van der Waals surface area contributed by atoms with Crippen molar-refractivity contribution in [3.63, 3.8) is 0 Å². The highest BCUT2D eigenvalue weighted by Crippen LogP contribution is 2.29. The molecule has 0 aliphatic rings. The number of aromatic nitrogens is 3. The van der Waals surface area contributed by atoms with Gasteiger partial charge in [-0.25, -0.2) is 0 Å². The first-order chi connectivity index (χ1) is 9.25. The van der Waals surface area contributed by atoms with Crippen LogP contribution >= 0.6 is 11.6 Å². The van der Waals surface area contributed by atoms with Crippen LogP contribution in [0.25, 0.3) is 22.8 Å². The standard InChI is InChI=1S/C13H9ClN4O/c14-10-4-2-1-3-8(10)12-17-13(19-18-12)9-5-6-16-7-11(9)15/h1-7H,15H2. The summed E-state index contributed by atoms with van der Waals surface area (Å²) in [6, 6.07) is 9.02. The number of rotatable bonds is 2. The van der Waals surface area contributed by atoms with E-state index in [-0.39, 0.29) is 0 Å². The van der Waals surface area contributed by atoms with Crippen molar-refractivity contribution in [3.05, 3.63) is 47.7 Å². The van der Waals surface area contributed by atoms with Crippen molar-refractivity contribution in [3.8, 4) is 22.8 Å². The maximum Gasteiger partial charge on any atom is 0.260 e. The first-order valence-electron chi connectivity index (χ1n) is 5.54. The van der Waals surface area contributed by atoms with E-state index in [0.717, 1.165) is 0 Å². The summed E-state index contributed by atoms with van der Waals surface area (Å²) < 4.78 is 5.21. The Bertz CT molecular complexity index is 666. The molecule has 0 aliphatic heterocycles. The summed E-state index contributed by atoms with van der Waals surface area (Å²) in [4.78, 5) is 8.22. The van der Waals surface area contributed by atoms with Crippen LogP contribution in [-0.2, 0) is 0 Å². The Morgan fingerprint density at radius 1 is 1.11 bits per heavy atom. The second-order valence-corrected chi connectivity index (χ2v) is 4.27. The Morgan fingerprint density at radius 3 is 2.74 bits per heavy atom. The molecule has 2 N–H and O–H groups in total. The van der Waals surface area contributed by atoms with E-state index in [0.29, 0.717) is 33.6 Å². The highest BCUT2D eigenvalue weighted by molar-refractivity contribution is 6.33. The summed E-state index contributed by atoms with van der Waals surface area (Å²) in [7, 11) is 0. The van der Waals surface area contributed by atoms with E-state index in [4.69, 9.17) is 21.9 Å². The Kier molecular flexibility index (Phi) is 2.89. The first-order valence-corrected chi connectivity index (χ1v) is 5.92. The van der Waals surface area contributed by atoms with Gasteiger partial charge in [0.05, 0.1) is 22.5 Å². The third-order valence-electron chi connectivity index (χ3n) is 2.62. The molecule has 3 rings (SSSR count). The van der Waals surface area contributed by atoms with Crippen LogP contribution in [0.4, 0.5) is 5.69 Å². The normalized spacial score (nSPS) is 10.6. The van der Waals surface area contributed by atoms with Crippen molar-refractivity contribution in [2.75, 3.05) is 5.73 Å². The van der Waals surface area contributed by atoms with Gasteiger partial charge in [-0.1, -0.05) is 28.9 Å². The molecule has 6 heteroatoms. The van der Waals surface area contributed by atoms with Crippen LogP contribution in [0, 0.1) is 0 Å².